The van der Waals surface area contributed by atoms with Gasteiger partial charge in [-0.25, -0.2) is 13.2 Å². The van der Waals surface area contributed by atoms with Crippen molar-refractivity contribution in [3.8, 4) is 5.75 Å². The van der Waals surface area contributed by atoms with Crippen molar-refractivity contribution in [2.24, 2.45) is 0 Å². The molecule has 1 aliphatic heterocycles. The molecule has 0 saturated carbocycles. The first-order chi connectivity index (χ1) is 11.5. The number of esters is 1. The summed E-state index contributed by atoms with van der Waals surface area (Å²) in [6, 6.07) is 7.06. The van der Waals surface area contributed by atoms with Crippen molar-refractivity contribution < 1.29 is 22.7 Å². The lowest BCUT2D eigenvalue weighted by Gasteiger charge is -2.33. The standard InChI is InChI=1S/C16H17NO5S2/c1-21-11-4-3-5-12(10-11)24(19,20)17-8-6-14-13(7-9-23-14)15(17)16(18)22-2/h3-5,7,9-10,15H,6,8H2,1-2H3. The van der Waals surface area contributed by atoms with Crippen LogP contribution in [0.4, 0.5) is 0 Å². The molecule has 0 N–H and O–H groups in total. The van der Waals surface area contributed by atoms with Gasteiger partial charge < -0.3 is 9.47 Å². The summed E-state index contributed by atoms with van der Waals surface area (Å²) in [5, 5.41) is 1.86. The first kappa shape index (κ1) is 16.9. The first-order valence-corrected chi connectivity index (χ1v) is 9.61. The molecule has 2 heterocycles. The number of rotatable bonds is 4. The zero-order chi connectivity index (χ0) is 17.3. The summed E-state index contributed by atoms with van der Waals surface area (Å²) in [6.07, 6.45) is 0.573. The van der Waals surface area contributed by atoms with E-state index in [9.17, 15) is 13.2 Å². The maximum atomic E-state index is 13.1. The second-order valence-electron chi connectivity index (χ2n) is 5.27. The van der Waals surface area contributed by atoms with Crippen LogP contribution in [-0.2, 0) is 26.0 Å². The third-order valence-electron chi connectivity index (χ3n) is 3.99. The van der Waals surface area contributed by atoms with Crippen LogP contribution in [0.2, 0.25) is 0 Å². The van der Waals surface area contributed by atoms with Crippen molar-refractivity contribution in [1.82, 2.24) is 4.31 Å². The van der Waals surface area contributed by atoms with Crippen LogP contribution in [0.15, 0.2) is 40.6 Å². The first-order valence-electron chi connectivity index (χ1n) is 7.29. The Bertz CT molecular complexity index is 859. The minimum Gasteiger partial charge on any atom is -0.497 e. The molecular formula is C16H17NO5S2. The average Bonchev–Trinajstić information content (AvgIpc) is 3.08. The number of methoxy groups -OCH3 is 2. The summed E-state index contributed by atoms with van der Waals surface area (Å²) in [5.74, 6) is -0.139. The Morgan fingerprint density at radius 2 is 2.08 bits per heavy atom. The molecule has 0 amide bonds. The summed E-state index contributed by atoms with van der Waals surface area (Å²) in [7, 11) is -1.13. The number of hydrogen-bond donors (Lipinski definition) is 0. The lowest BCUT2D eigenvalue weighted by Crippen LogP contribution is -2.43. The molecule has 1 aromatic carbocycles. The minimum atomic E-state index is -3.86. The predicted molar refractivity (Wildman–Crippen MR) is 89.7 cm³/mol. The van der Waals surface area contributed by atoms with Gasteiger partial charge in [0.2, 0.25) is 10.0 Å². The summed E-state index contributed by atoms with van der Waals surface area (Å²) < 4.78 is 37.3. The van der Waals surface area contributed by atoms with Crippen LogP contribution in [0, 0.1) is 0 Å². The average molecular weight is 367 g/mol. The highest BCUT2D eigenvalue weighted by Gasteiger charge is 2.41. The van der Waals surface area contributed by atoms with Gasteiger partial charge in [-0.3, -0.25) is 0 Å². The molecule has 8 heteroatoms. The monoisotopic (exact) mass is 367 g/mol. The van der Waals surface area contributed by atoms with Gasteiger partial charge in [0.05, 0.1) is 19.1 Å². The van der Waals surface area contributed by atoms with Crippen LogP contribution in [0.1, 0.15) is 16.5 Å². The maximum Gasteiger partial charge on any atom is 0.328 e. The SMILES string of the molecule is COC(=O)C1c2ccsc2CCN1S(=O)(=O)c1cccc(OC)c1. The van der Waals surface area contributed by atoms with Gasteiger partial charge in [-0.15, -0.1) is 11.3 Å². The van der Waals surface area contributed by atoms with Gasteiger partial charge >= 0.3 is 5.97 Å². The second-order valence-corrected chi connectivity index (χ2v) is 8.16. The van der Waals surface area contributed by atoms with Crippen molar-refractivity contribution >= 4 is 27.3 Å². The van der Waals surface area contributed by atoms with Gasteiger partial charge in [-0.2, -0.15) is 4.31 Å². The second kappa shape index (κ2) is 6.54. The summed E-state index contributed by atoms with van der Waals surface area (Å²) in [6.45, 7) is 0.229. The maximum absolute atomic E-state index is 13.1. The number of carbonyl (C=O) groups excluding carboxylic acids is 1. The summed E-state index contributed by atoms with van der Waals surface area (Å²) >= 11 is 1.52. The third kappa shape index (κ3) is 2.81. The lowest BCUT2D eigenvalue weighted by molar-refractivity contribution is -0.145. The molecule has 6 nitrogen and oxygen atoms in total. The van der Waals surface area contributed by atoms with Crippen LogP contribution in [-0.4, -0.2) is 39.5 Å². The molecule has 0 fully saturated rings. The van der Waals surface area contributed by atoms with E-state index in [1.165, 1.54) is 42.0 Å². The third-order valence-corrected chi connectivity index (χ3v) is 6.85. The molecule has 1 atom stereocenters. The Balaban J connectivity index is 2.07. The smallest absolute Gasteiger partial charge is 0.328 e. The van der Waals surface area contributed by atoms with Gasteiger partial charge in [-0.05, 0) is 35.6 Å². The Morgan fingerprint density at radius 3 is 2.79 bits per heavy atom. The van der Waals surface area contributed by atoms with Crippen LogP contribution in [0.25, 0.3) is 0 Å². The van der Waals surface area contributed by atoms with Crippen molar-refractivity contribution in [3.05, 3.63) is 46.2 Å². The van der Waals surface area contributed by atoms with Crippen molar-refractivity contribution in [2.45, 2.75) is 17.4 Å². The molecule has 3 rings (SSSR count). The molecule has 1 unspecified atom stereocenters. The van der Waals surface area contributed by atoms with E-state index < -0.39 is 22.0 Å². The number of hydrogen-bond acceptors (Lipinski definition) is 6. The molecular weight excluding hydrogens is 350 g/mol. The number of nitrogens with zero attached hydrogens (tertiary/aromatic N) is 1. The largest absolute Gasteiger partial charge is 0.497 e. The number of benzene rings is 1. The van der Waals surface area contributed by atoms with Crippen LogP contribution < -0.4 is 4.74 Å². The van der Waals surface area contributed by atoms with Crippen LogP contribution in [0.3, 0.4) is 0 Å². The normalized spacial score (nSPS) is 18.0. The molecule has 0 spiro atoms. The molecule has 1 aliphatic rings. The fourth-order valence-electron chi connectivity index (χ4n) is 2.81. The Kier molecular flexibility index (Phi) is 4.62. The van der Waals surface area contributed by atoms with E-state index in [-0.39, 0.29) is 11.4 Å². The van der Waals surface area contributed by atoms with E-state index in [0.717, 1.165) is 4.88 Å². The molecule has 2 aromatic rings. The van der Waals surface area contributed by atoms with Crippen molar-refractivity contribution in [2.75, 3.05) is 20.8 Å². The van der Waals surface area contributed by atoms with Crippen LogP contribution >= 0.6 is 11.3 Å². The summed E-state index contributed by atoms with van der Waals surface area (Å²) in [4.78, 5) is 13.4. The van der Waals surface area contributed by atoms with E-state index in [1.807, 2.05) is 5.38 Å². The minimum absolute atomic E-state index is 0.0921. The molecule has 128 valence electrons. The topological polar surface area (TPSA) is 72.9 Å². The van der Waals surface area contributed by atoms with E-state index in [0.29, 0.717) is 17.7 Å². The molecule has 0 radical (unpaired) electrons. The number of thiophene rings is 1. The quantitative estimate of drug-likeness (QED) is 0.775. The van der Waals surface area contributed by atoms with Gasteiger partial charge in [0.1, 0.15) is 11.8 Å². The van der Waals surface area contributed by atoms with Gasteiger partial charge in [0.15, 0.2) is 0 Å². The molecule has 24 heavy (non-hydrogen) atoms. The highest BCUT2D eigenvalue weighted by Crippen LogP contribution is 2.37. The molecule has 1 aromatic heterocycles. The zero-order valence-corrected chi connectivity index (χ0v) is 14.9. The number of sulfonamides is 1. The van der Waals surface area contributed by atoms with Gasteiger partial charge in [-0.1, -0.05) is 6.07 Å². The predicted octanol–water partition coefficient (Wildman–Crippen LogP) is 2.22. The molecule has 0 aliphatic carbocycles. The Labute approximate surface area is 144 Å². The summed E-state index contributed by atoms with van der Waals surface area (Å²) in [5.41, 5.74) is 0.699. The van der Waals surface area contributed by atoms with Crippen molar-refractivity contribution in [1.29, 1.82) is 0 Å². The van der Waals surface area contributed by atoms with Crippen LogP contribution in [0.5, 0.6) is 5.75 Å². The zero-order valence-electron chi connectivity index (χ0n) is 13.3. The number of fused-ring (bicyclic) bond motifs is 1. The highest BCUT2D eigenvalue weighted by molar-refractivity contribution is 7.89. The number of ether oxygens (including phenoxy) is 2. The van der Waals surface area contributed by atoms with Gasteiger partial charge in [0, 0.05) is 17.5 Å². The molecule has 0 saturated heterocycles. The van der Waals surface area contributed by atoms with E-state index in [1.54, 1.807) is 18.2 Å². The Hall–Kier alpha value is -1.90. The highest BCUT2D eigenvalue weighted by atomic mass is 32.2. The fourth-order valence-corrected chi connectivity index (χ4v) is 5.30. The van der Waals surface area contributed by atoms with E-state index in [4.69, 9.17) is 9.47 Å². The Morgan fingerprint density at radius 1 is 1.29 bits per heavy atom. The lowest BCUT2D eigenvalue weighted by atomic mass is 10.0. The number of carbonyl (C=O) groups is 1. The van der Waals surface area contributed by atoms with Crippen molar-refractivity contribution in [3.63, 3.8) is 0 Å². The van der Waals surface area contributed by atoms with Gasteiger partial charge in [0.25, 0.3) is 0 Å². The fraction of sp³-hybridized carbons (Fsp3) is 0.312. The molecule has 0 bridgehead atoms. The van der Waals surface area contributed by atoms with E-state index >= 15 is 0 Å². The van der Waals surface area contributed by atoms with E-state index in [2.05, 4.69) is 0 Å².